The fourth-order valence-electron chi connectivity index (χ4n) is 1.58. The van der Waals surface area contributed by atoms with E-state index in [4.69, 9.17) is 4.84 Å². The Balaban J connectivity index is 2.24. The van der Waals surface area contributed by atoms with Gasteiger partial charge in [0.25, 0.3) is 5.91 Å². The Kier molecular flexibility index (Phi) is 4.38. The van der Waals surface area contributed by atoms with Crippen molar-refractivity contribution in [1.82, 2.24) is 15.0 Å². The van der Waals surface area contributed by atoms with Gasteiger partial charge >= 0.3 is 0 Å². The molecule has 0 aliphatic rings. The van der Waals surface area contributed by atoms with Crippen molar-refractivity contribution < 1.29 is 9.63 Å². The van der Waals surface area contributed by atoms with Gasteiger partial charge < -0.3 is 0 Å². The summed E-state index contributed by atoms with van der Waals surface area (Å²) in [5.41, 5.74) is 1.19. The number of carbonyl (C=O) groups is 1. The molecule has 0 unspecified atom stereocenters. The highest BCUT2D eigenvalue weighted by molar-refractivity contribution is 8.00. The summed E-state index contributed by atoms with van der Waals surface area (Å²) in [6, 6.07) is 0. The maximum atomic E-state index is 11.7. The maximum absolute atomic E-state index is 11.7. The molecule has 19 heavy (non-hydrogen) atoms. The number of amides is 1. The summed E-state index contributed by atoms with van der Waals surface area (Å²) in [4.78, 5) is 27.3. The van der Waals surface area contributed by atoms with Crippen molar-refractivity contribution in [3.63, 3.8) is 0 Å². The van der Waals surface area contributed by atoms with Gasteiger partial charge in [0.1, 0.15) is 16.2 Å². The Morgan fingerprint density at radius 1 is 1.47 bits per heavy atom. The monoisotopic (exact) mass is 297 g/mol. The molecule has 0 aliphatic heterocycles. The number of thioether (sulfide) groups is 1. The molecule has 102 valence electrons. The van der Waals surface area contributed by atoms with E-state index in [2.05, 4.69) is 23.8 Å². The first-order chi connectivity index (χ1) is 9.04. The van der Waals surface area contributed by atoms with Gasteiger partial charge in [-0.25, -0.2) is 15.0 Å². The summed E-state index contributed by atoms with van der Waals surface area (Å²) < 4.78 is 0. The van der Waals surface area contributed by atoms with Crippen molar-refractivity contribution in [2.24, 2.45) is 0 Å². The summed E-state index contributed by atoms with van der Waals surface area (Å²) in [7, 11) is 3.07. The van der Waals surface area contributed by atoms with Crippen LogP contribution in [0.5, 0.6) is 0 Å². The van der Waals surface area contributed by atoms with Crippen LogP contribution in [0.3, 0.4) is 0 Å². The first-order valence-electron chi connectivity index (χ1n) is 5.68. The van der Waals surface area contributed by atoms with Crippen molar-refractivity contribution in [2.45, 2.75) is 18.9 Å². The van der Waals surface area contributed by atoms with Crippen LogP contribution in [0.2, 0.25) is 0 Å². The molecule has 0 saturated carbocycles. The molecule has 0 bridgehead atoms. The van der Waals surface area contributed by atoms with Crippen LogP contribution in [0.4, 0.5) is 0 Å². The molecule has 2 rings (SSSR count). The topological polar surface area (TPSA) is 55.3 Å². The van der Waals surface area contributed by atoms with Crippen LogP contribution in [0.25, 0.3) is 10.2 Å². The van der Waals surface area contributed by atoms with E-state index in [9.17, 15) is 4.79 Å². The minimum atomic E-state index is -0.0936. The van der Waals surface area contributed by atoms with E-state index in [-0.39, 0.29) is 5.91 Å². The molecular formula is C12H15N3O2S2. The lowest BCUT2D eigenvalue weighted by Gasteiger charge is -2.12. The molecule has 0 aromatic carbocycles. The van der Waals surface area contributed by atoms with Crippen LogP contribution in [-0.2, 0) is 9.63 Å². The van der Waals surface area contributed by atoms with Gasteiger partial charge in [-0.3, -0.25) is 9.63 Å². The smallest absolute Gasteiger partial charge is 0.256 e. The molecule has 1 amide bonds. The molecule has 0 spiro atoms. The number of fused-ring (bicyclic) bond motifs is 1. The lowest BCUT2D eigenvalue weighted by molar-refractivity contribution is -0.165. The van der Waals surface area contributed by atoms with Crippen LogP contribution in [0.15, 0.2) is 11.4 Å². The van der Waals surface area contributed by atoms with Crippen LogP contribution in [-0.4, -0.2) is 40.8 Å². The van der Waals surface area contributed by atoms with Gasteiger partial charge in [-0.05, 0) is 19.4 Å². The summed E-state index contributed by atoms with van der Waals surface area (Å²) in [6.45, 7) is 4.13. The highest BCUT2D eigenvalue weighted by atomic mass is 32.2. The van der Waals surface area contributed by atoms with Gasteiger partial charge in [0.05, 0.1) is 12.9 Å². The predicted octanol–water partition coefficient (Wildman–Crippen LogP) is 2.42. The Morgan fingerprint density at radius 2 is 2.21 bits per heavy atom. The molecule has 5 nitrogen and oxygen atoms in total. The van der Waals surface area contributed by atoms with E-state index in [0.29, 0.717) is 5.75 Å². The second kappa shape index (κ2) is 5.85. The number of aryl methyl sites for hydroxylation is 2. The summed E-state index contributed by atoms with van der Waals surface area (Å²) >= 11 is 3.07. The van der Waals surface area contributed by atoms with Crippen molar-refractivity contribution in [2.75, 3.05) is 19.9 Å². The minimum Gasteiger partial charge on any atom is -0.275 e. The number of nitrogens with zero attached hydrogens (tertiary/aromatic N) is 3. The third-order valence-corrected chi connectivity index (χ3v) is 4.98. The molecule has 0 N–H and O–H groups in total. The average molecular weight is 297 g/mol. The molecule has 0 aliphatic carbocycles. The molecule has 2 heterocycles. The van der Waals surface area contributed by atoms with E-state index in [1.54, 1.807) is 24.7 Å². The van der Waals surface area contributed by atoms with Crippen molar-refractivity contribution in [3.05, 3.63) is 16.8 Å². The number of aromatic nitrogens is 2. The normalized spacial score (nSPS) is 10.9. The lowest BCUT2D eigenvalue weighted by Crippen LogP contribution is -2.27. The Hall–Kier alpha value is -1.18. The number of carbonyl (C=O) groups excluding carboxylic acids is 1. The van der Waals surface area contributed by atoms with Crippen molar-refractivity contribution in [3.8, 4) is 0 Å². The van der Waals surface area contributed by atoms with E-state index in [0.717, 1.165) is 15.2 Å². The third-order valence-electron chi connectivity index (χ3n) is 2.89. The summed E-state index contributed by atoms with van der Waals surface area (Å²) in [5.74, 6) is 0.203. The van der Waals surface area contributed by atoms with Gasteiger partial charge in [0.2, 0.25) is 0 Å². The van der Waals surface area contributed by atoms with Crippen LogP contribution < -0.4 is 0 Å². The van der Waals surface area contributed by atoms with Crippen LogP contribution >= 0.6 is 23.1 Å². The van der Waals surface area contributed by atoms with Gasteiger partial charge in [0.15, 0.2) is 0 Å². The van der Waals surface area contributed by atoms with Gasteiger partial charge in [0, 0.05) is 17.3 Å². The van der Waals surface area contributed by atoms with Gasteiger partial charge in [-0.1, -0.05) is 11.8 Å². The molecule has 0 fully saturated rings. The average Bonchev–Trinajstić information content (AvgIpc) is 2.71. The van der Waals surface area contributed by atoms with E-state index < -0.39 is 0 Å². The molecule has 0 radical (unpaired) electrons. The number of rotatable bonds is 4. The quantitative estimate of drug-likeness (QED) is 0.493. The number of hydroxylamine groups is 2. The molecule has 0 atom stereocenters. The molecular weight excluding hydrogens is 282 g/mol. The standard InChI is InChI=1S/C12H15N3O2S2/c1-7-8(2)19-12-10(7)11(13-6-14-12)18-5-9(16)15(3)17-4/h6H,5H2,1-4H3. The number of hydrogen-bond acceptors (Lipinski definition) is 6. The molecule has 7 heteroatoms. The maximum Gasteiger partial charge on any atom is 0.256 e. The first-order valence-corrected chi connectivity index (χ1v) is 7.49. The molecule has 0 saturated heterocycles. The van der Waals surface area contributed by atoms with E-state index in [1.165, 1.54) is 34.4 Å². The Labute approximate surface area is 119 Å². The fourth-order valence-corrected chi connectivity index (χ4v) is 3.60. The van der Waals surface area contributed by atoms with Crippen LogP contribution in [0.1, 0.15) is 10.4 Å². The zero-order valence-corrected chi connectivity index (χ0v) is 12.9. The number of hydrogen-bond donors (Lipinski definition) is 0. The fraction of sp³-hybridized carbons (Fsp3) is 0.417. The second-order valence-corrected chi connectivity index (χ2v) is 6.17. The third kappa shape index (κ3) is 2.88. The zero-order chi connectivity index (χ0) is 14.0. The SMILES string of the molecule is CON(C)C(=O)CSc1ncnc2sc(C)c(C)c12. The molecule has 2 aromatic heterocycles. The Bertz CT molecular complexity index is 612. The van der Waals surface area contributed by atoms with Crippen molar-refractivity contribution in [1.29, 1.82) is 0 Å². The minimum absolute atomic E-state index is 0.0936. The highest BCUT2D eigenvalue weighted by Gasteiger charge is 2.15. The first kappa shape index (κ1) is 14.2. The van der Waals surface area contributed by atoms with E-state index in [1.807, 2.05) is 0 Å². The van der Waals surface area contributed by atoms with Crippen LogP contribution in [0, 0.1) is 13.8 Å². The zero-order valence-electron chi connectivity index (χ0n) is 11.3. The van der Waals surface area contributed by atoms with Gasteiger partial charge in [-0.2, -0.15) is 0 Å². The van der Waals surface area contributed by atoms with Crippen molar-refractivity contribution >= 4 is 39.2 Å². The predicted molar refractivity (Wildman–Crippen MR) is 77.4 cm³/mol. The van der Waals surface area contributed by atoms with Gasteiger partial charge in [-0.15, -0.1) is 11.3 Å². The summed E-state index contributed by atoms with van der Waals surface area (Å²) in [6.07, 6.45) is 1.55. The molecule has 2 aromatic rings. The Morgan fingerprint density at radius 3 is 2.89 bits per heavy atom. The highest BCUT2D eigenvalue weighted by Crippen LogP contribution is 2.34. The number of thiophene rings is 1. The largest absolute Gasteiger partial charge is 0.275 e. The lowest BCUT2D eigenvalue weighted by atomic mass is 10.2. The van der Waals surface area contributed by atoms with E-state index >= 15 is 0 Å². The second-order valence-electron chi connectivity index (χ2n) is 4.00. The summed E-state index contributed by atoms with van der Waals surface area (Å²) in [5, 5.41) is 3.13.